The molecule has 0 saturated heterocycles. The molecule has 1 aromatic heterocycles. The third kappa shape index (κ3) is 2.71. The minimum atomic E-state index is -1.20. The number of carbonyl (C=O) groups is 1. The van der Waals surface area contributed by atoms with Crippen LogP contribution >= 0.6 is 0 Å². The number of Topliss-reactive ketones (excluding diaryl/α,β-unsaturated/α-hetero) is 1. The van der Waals surface area contributed by atoms with Gasteiger partial charge in [0.2, 0.25) is 0 Å². The third-order valence-electron chi connectivity index (χ3n) is 5.15. The Kier molecular flexibility index (Phi) is 4.42. The molecule has 3 aromatic rings. The molecule has 27 heavy (non-hydrogen) atoms. The molecule has 0 aliphatic heterocycles. The molecular weight excluding hydrogens is 342 g/mol. The van der Waals surface area contributed by atoms with E-state index in [0.29, 0.717) is 6.42 Å². The fourth-order valence-electron chi connectivity index (χ4n) is 3.99. The van der Waals surface area contributed by atoms with Crippen LogP contribution < -0.4 is 0 Å². The molecule has 0 fully saturated rings. The monoisotopic (exact) mass is 363 g/mol. The van der Waals surface area contributed by atoms with E-state index in [1.165, 1.54) is 0 Å². The second-order valence-electron chi connectivity index (χ2n) is 6.79. The Labute approximate surface area is 157 Å². The van der Waals surface area contributed by atoms with Crippen molar-refractivity contribution >= 4 is 5.78 Å². The lowest BCUT2D eigenvalue weighted by Crippen LogP contribution is -2.37. The van der Waals surface area contributed by atoms with Gasteiger partial charge in [-0.1, -0.05) is 47.6 Å². The highest BCUT2D eigenvalue weighted by Gasteiger charge is 2.49. The average Bonchev–Trinajstić information content (AvgIpc) is 3.16. The average molecular weight is 363 g/mol. The number of rotatable bonds is 5. The molecule has 0 radical (unpaired) electrons. The molecule has 5 heteroatoms. The van der Waals surface area contributed by atoms with Gasteiger partial charge in [0.15, 0.2) is 11.4 Å². The van der Waals surface area contributed by atoms with Gasteiger partial charge in [0.05, 0.1) is 18.9 Å². The molecule has 0 saturated carbocycles. The summed E-state index contributed by atoms with van der Waals surface area (Å²) >= 11 is 0. The van der Waals surface area contributed by atoms with Gasteiger partial charge in [-0.15, -0.1) is 0 Å². The first-order valence-electron chi connectivity index (χ1n) is 8.98. The van der Waals surface area contributed by atoms with Gasteiger partial charge in [0.25, 0.3) is 0 Å². The first kappa shape index (κ1) is 17.6. The van der Waals surface area contributed by atoms with Gasteiger partial charge < -0.3 is 14.4 Å². The number of ketones is 1. The van der Waals surface area contributed by atoms with Crippen molar-refractivity contribution in [3.8, 4) is 11.1 Å². The summed E-state index contributed by atoms with van der Waals surface area (Å²) < 4.78 is 11.4. The van der Waals surface area contributed by atoms with Crippen molar-refractivity contribution in [2.24, 2.45) is 0 Å². The summed E-state index contributed by atoms with van der Waals surface area (Å²) in [5, 5.41) is 13.4. The molecule has 2 aromatic carbocycles. The fraction of sp³-hybridized carbons (Fsp3) is 0.273. The van der Waals surface area contributed by atoms with Crippen LogP contribution in [0.25, 0.3) is 11.1 Å². The molecule has 1 N–H and O–H groups in total. The number of hydrogen-bond donors (Lipinski definition) is 1. The summed E-state index contributed by atoms with van der Waals surface area (Å²) in [5.74, 6) is 0.714. The predicted octanol–water partition coefficient (Wildman–Crippen LogP) is 3.34. The smallest absolute Gasteiger partial charge is 0.178 e. The molecule has 0 amide bonds. The Morgan fingerprint density at radius 2 is 1.96 bits per heavy atom. The van der Waals surface area contributed by atoms with E-state index in [-0.39, 0.29) is 19.0 Å². The summed E-state index contributed by atoms with van der Waals surface area (Å²) in [6.07, 6.45) is 0.303. The zero-order valence-electron chi connectivity index (χ0n) is 15.4. The molecule has 1 aliphatic rings. The number of hydrogen-bond acceptors (Lipinski definition) is 5. The largest absolute Gasteiger partial charge is 0.394 e. The summed E-state index contributed by atoms with van der Waals surface area (Å²) in [6, 6.07) is 15.4. The predicted molar refractivity (Wildman–Crippen MR) is 100 cm³/mol. The summed E-state index contributed by atoms with van der Waals surface area (Å²) in [6.45, 7) is 3.70. The normalized spacial score (nSPS) is 18.7. The van der Waals surface area contributed by atoms with E-state index in [1.54, 1.807) is 0 Å². The number of benzene rings is 2. The number of aromatic nitrogens is 1. The van der Waals surface area contributed by atoms with Crippen molar-refractivity contribution in [3.05, 3.63) is 76.7 Å². The highest BCUT2D eigenvalue weighted by Crippen LogP contribution is 2.44. The molecule has 1 unspecified atom stereocenters. The van der Waals surface area contributed by atoms with Crippen LogP contribution in [0.15, 0.2) is 53.1 Å². The number of aryl methyl sites for hydroxylation is 2. The maximum Gasteiger partial charge on any atom is 0.178 e. The maximum atomic E-state index is 13.2. The van der Waals surface area contributed by atoms with E-state index in [4.69, 9.17) is 9.26 Å². The van der Waals surface area contributed by atoms with Crippen LogP contribution in [0.4, 0.5) is 0 Å². The van der Waals surface area contributed by atoms with Gasteiger partial charge >= 0.3 is 0 Å². The molecule has 4 rings (SSSR count). The minimum absolute atomic E-state index is 0.0203. The van der Waals surface area contributed by atoms with Crippen LogP contribution in [0.3, 0.4) is 0 Å². The Bertz CT molecular complexity index is 973. The quantitative estimate of drug-likeness (QED) is 0.753. The van der Waals surface area contributed by atoms with E-state index in [1.807, 2.05) is 62.4 Å². The van der Waals surface area contributed by atoms with E-state index in [9.17, 15) is 9.90 Å². The van der Waals surface area contributed by atoms with E-state index in [0.717, 1.165) is 39.3 Å². The van der Waals surface area contributed by atoms with Crippen LogP contribution in [0, 0.1) is 13.8 Å². The molecule has 5 nitrogen and oxygen atoms in total. The number of aliphatic hydroxyl groups excluding tert-OH is 1. The topological polar surface area (TPSA) is 72.6 Å². The molecule has 138 valence electrons. The van der Waals surface area contributed by atoms with Crippen molar-refractivity contribution in [3.63, 3.8) is 0 Å². The fourth-order valence-corrected chi connectivity index (χ4v) is 3.99. The highest BCUT2D eigenvalue weighted by molar-refractivity contribution is 5.99. The zero-order valence-corrected chi connectivity index (χ0v) is 15.4. The number of aliphatic hydroxyl groups is 1. The molecule has 1 atom stereocenters. The Balaban J connectivity index is 1.93. The van der Waals surface area contributed by atoms with Crippen molar-refractivity contribution in [2.45, 2.75) is 25.9 Å². The van der Waals surface area contributed by atoms with E-state index >= 15 is 0 Å². The van der Waals surface area contributed by atoms with Gasteiger partial charge in [-0.05, 0) is 36.6 Å². The second-order valence-corrected chi connectivity index (χ2v) is 6.79. The van der Waals surface area contributed by atoms with Crippen LogP contribution in [-0.2, 0) is 21.6 Å². The lowest BCUT2D eigenvalue weighted by Gasteiger charge is -2.30. The molecule has 0 bridgehead atoms. The molecule has 1 heterocycles. The number of fused-ring (bicyclic) bond motifs is 1. The summed E-state index contributed by atoms with van der Waals surface area (Å²) in [7, 11) is 0. The minimum Gasteiger partial charge on any atom is -0.394 e. The van der Waals surface area contributed by atoms with E-state index < -0.39 is 5.60 Å². The van der Waals surface area contributed by atoms with Crippen LogP contribution in [0.2, 0.25) is 0 Å². The lowest BCUT2D eigenvalue weighted by molar-refractivity contribution is -0.139. The van der Waals surface area contributed by atoms with Gasteiger partial charge in [-0.25, -0.2) is 0 Å². The SMILES string of the molecule is Cc1noc(C)c1-c1ccc2c(c1)C(OCCO)(c1ccccc1)C(=O)C2. The van der Waals surface area contributed by atoms with Gasteiger partial charge in [-0.2, -0.15) is 0 Å². The Morgan fingerprint density at radius 1 is 1.19 bits per heavy atom. The van der Waals surface area contributed by atoms with Crippen molar-refractivity contribution in [2.75, 3.05) is 13.2 Å². The van der Waals surface area contributed by atoms with Crippen LogP contribution in [0.5, 0.6) is 0 Å². The highest BCUT2D eigenvalue weighted by atomic mass is 16.5. The van der Waals surface area contributed by atoms with Crippen molar-refractivity contribution in [1.82, 2.24) is 5.16 Å². The first-order chi connectivity index (χ1) is 13.1. The summed E-state index contributed by atoms with van der Waals surface area (Å²) in [5.41, 5.74) is 4.02. The number of carbonyl (C=O) groups excluding carboxylic acids is 1. The molecular formula is C22H21NO4. The van der Waals surface area contributed by atoms with Gasteiger partial charge in [0, 0.05) is 17.5 Å². The maximum absolute atomic E-state index is 13.2. The van der Waals surface area contributed by atoms with Gasteiger partial charge in [0.1, 0.15) is 5.76 Å². The molecule has 0 spiro atoms. The Hall–Kier alpha value is -2.76. The molecule has 1 aliphatic carbocycles. The van der Waals surface area contributed by atoms with Crippen LogP contribution in [0.1, 0.15) is 28.1 Å². The zero-order chi connectivity index (χ0) is 19.0. The van der Waals surface area contributed by atoms with Gasteiger partial charge in [-0.3, -0.25) is 4.79 Å². The standard InChI is InChI=1S/C22H21NO4/c1-14-21(15(2)27-23-14)17-9-8-16-13-20(25)22(19(16)12-17,26-11-10-24)18-6-4-3-5-7-18/h3-9,12,24H,10-11,13H2,1-2H3. The number of ether oxygens (including phenoxy) is 1. The Morgan fingerprint density at radius 3 is 2.63 bits per heavy atom. The summed E-state index contributed by atoms with van der Waals surface area (Å²) in [4.78, 5) is 13.2. The first-order valence-corrected chi connectivity index (χ1v) is 8.98. The lowest BCUT2D eigenvalue weighted by atomic mass is 9.85. The van der Waals surface area contributed by atoms with Crippen molar-refractivity contribution in [1.29, 1.82) is 0 Å². The van der Waals surface area contributed by atoms with Crippen molar-refractivity contribution < 1.29 is 19.2 Å². The second kappa shape index (κ2) is 6.76. The van der Waals surface area contributed by atoms with E-state index in [2.05, 4.69) is 5.16 Å². The third-order valence-corrected chi connectivity index (χ3v) is 5.15. The van der Waals surface area contributed by atoms with Crippen LogP contribution in [-0.4, -0.2) is 29.3 Å². The number of nitrogens with zero attached hydrogens (tertiary/aromatic N) is 1.